The summed E-state index contributed by atoms with van der Waals surface area (Å²) in [4.78, 5) is 4.99. The van der Waals surface area contributed by atoms with Gasteiger partial charge in [0.2, 0.25) is 0 Å². The highest BCUT2D eigenvalue weighted by Crippen LogP contribution is 2.43. The van der Waals surface area contributed by atoms with E-state index < -0.39 is 0 Å². The molecule has 0 saturated heterocycles. The van der Waals surface area contributed by atoms with E-state index in [1.165, 1.54) is 55.1 Å². The average molecular weight is 300 g/mol. The Bertz CT molecular complexity index is 966. The van der Waals surface area contributed by atoms with E-state index in [4.69, 9.17) is 4.98 Å². The Hall–Kier alpha value is -1.82. The first-order valence-electron chi connectivity index (χ1n) is 7.94. The summed E-state index contributed by atoms with van der Waals surface area (Å²) in [7, 11) is 0. The first-order chi connectivity index (χ1) is 10.6. The summed E-state index contributed by atoms with van der Waals surface area (Å²) in [5.74, 6) is 1.22. The van der Waals surface area contributed by atoms with Crippen LogP contribution in [0.4, 0.5) is 0 Å². The molecule has 0 fully saturated rings. The quantitative estimate of drug-likeness (QED) is 0.401. The average Bonchev–Trinajstić information content (AvgIpc) is 3.10. The predicted molar refractivity (Wildman–Crippen MR) is 92.3 cm³/mol. The summed E-state index contributed by atoms with van der Waals surface area (Å²) in [5.41, 5.74) is 11.2. The van der Waals surface area contributed by atoms with Gasteiger partial charge in [-0.1, -0.05) is 35.9 Å². The molecule has 0 radical (unpaired) electrons. The number of hydrogen-bond acceptors (Lipinski definition) is 1. The largest absolute Gasteiger partial charge is 0.295 e. The Morgan fingerprint density at radius 2 is 1.91 bits per heavy atom. The van der Waals surface area contributed by atoms with Gasteiger partial charge in [0.05, 0.1) is 17.1 Å². The molecular weight excluding hydrogens is 283 g/mol. The van der Waals surface area contributed by atoms with Gasteiger partial charge in [0.1, 0.15) is 5.82 Å². The lowest BCUT2D eigenvalue weighted by molar-refractivity contribution is 0.979. The van der Waals surface area contributed by atoms with Crippen LogP contribution in [0.15, 0.2) is 30.3 Å². The molecule has 1 aliphatic heterocycles. The van der Waals surface area contributed by atoms with Crippen LogP contribution in [0.5, 0.6) is 0 Å². The molecule has 106 valence electrons. The number of para-hydroxylation sites is 1. The third-order valence-electron chi connectivity index (χ3n) is 5.33. The zero-order valence-electron chi connectivity index (χ0n) is 13.2. The van der Waals surface area contributed by atoms with Gasteiger partial charge in [0.15, 0.2) is 0 Å². The molecule has 1 aromatic heterocycles. The van der Waals surface area contributed by atoms with Crippen molar-refractivity contribution >= 4 is 20.7 Å². The van der Waals surface area contributed by atoms with Gasteiger partial charge in [-0.05, 0) is 30.5 Å². The van der Waals surface area contributed by atoms with Crippen molar-refractivity contribution in [3.8, 4) is 16.9 Å². The summed E-state index contributed by atoms with van der Waals surface area (Å²) < 4.78 is 3.95. The standard InChI is InChI=1S/C19H15N2.Al.2H/c1-11-5-3-7-13-9-15-19(17(11)13)21-16(20-15)10-14-8-4-6-12(2)18(14)21;;;/h3-4,6-8H,9-10H2,1-2H3;;;. The topological polar surface area (TPSA) is 17.8 Å². The molecule has 2 aromatic carbocycles. The lowest BCUT2D eigenvalue weighted by Gasteiger charge is -2.13. The summed E-state index contributed by atoms with van der Waals surface area (Å²) in [6, 6.07) is 11.2. The number of benzene rings is 2. The third kappa shape index (κ3) is 1.43. The predicted octanol–water partition coefficient (Wildman–Crippen LogP) is 2.22. The van der Waals surface area contributed by atoms with Crippen LogP contribution >= 0.6 is 0 Å². The normalized spacial score (nSPS) is 13.7. The summed E-state index contributed by atoms with van der Waals surface area (Å²) in [6.45, 7) is 4.50. The van der Waals surface area contributed by atoms with Crippen LogP contribution in [-0.2, 0) is 12.8 Å². The summed E-state index contributed by atoms with van der Waals surface area (Å²) in [5, 5.41) is 0. The van der Waals surface area contributed by atoms with Gasteiger partial charge < -0.3 is 0 Å². The van der Waals surface area contributed by atoms with Gasteiger partial charge in [0.25, 0.3) is 16.3 Å². The van der Waals surface area contributed by atoms with Gasteiger partial charge >= 0.3 is 0 Å². The van der Waals surface area contributed by atoms with Crippen LogP contribution in [0.25, 0.3) is 16.9 Å². The Morgan fingerprint density at radius 3 is 2.77 bits per heavy atom. The van der Waals surface area contributed by atoms with Crippen molar-refractivity contribution in [1.82, 2.24) is 9.55 Å². The fourth-order valence-electron chi connectivity index (χ4n) is 4.14. The molecule has 22 heavy (non-hydrogen) atoms. The molecule has 0 bridgehead atoms. The zero-order valence-corrected chi connectivity index (χ0v) is 15.2. The minimum atomic E-state index is 0.971. The highest BCUT2D eigenvalue weighted by atomic mass is 27.0. The Morgan fingerprint density at radius 1 is 1.05 bits per heavy atom. The molecule has 3 aromatic rings. The molecule has 0 spiro atoms. The molecule has 3 heteroatoms. The van der Waals surface area contributed by atoms with Crippen LogP contribution in [0.3, 0.4) is 0 Å². The van der Waals surface area contributed by atoms with Gasteiger partial charge in [-0.25, -0.2) is 4.98 Å². The van der Waals surface area contributed by atoms with Crippen LogP contribution in [-0.4, -0.2) is 25.8 Å². The van der Waals surface area contributed by atoms with E-state index in [1.807, 2.05) is 0 Å². The Kier molecular flexibility index (Phi) is 2.38. The number of aromatic nitrogens is 2. The highest BCUT2D eigenvalue weighted by molar-refractivity contribution is 6.33. The second kappa shape index (κ2) is 4.13. The van der Waals surface area contributed by atoms with Gasteiger partial charge in [-0.3, -0.25) is 4.57 Å². The van der Waals surface area contributed by atoms with E-state index in [0.717, 1.165) is 29.1 Å². The molecule has 0 N–H and O–H groups in total. The molecule has 0 unspecified atom stereocenters. The minimum Gasteiger partial charge on any atom is -0.295 e. The molecule has 0 amide bonds. The molecule has 1 aliphatic carbocycles. The van der Waals surface area contributed by atoms with Crippen LogP contribution in [0, 0.1) is 13.8 Å². The van der Waals surface area contributed by atoms with Gasteiger partial charge in [-0.2, -0.15) is 0 Å². The van der Waals surface area contributed by atoms with Crippen molar-refractivity contribution in [1.29, 1.82) is 0 Å². The van der Waals surface area contributed by atoms with E-state index >= 15 is 0 Å². The maximum absolute atomic E-state index is 4.99. The van der Waals surface area contributed by atoms with Crippen molar-refractivity contribution < 1.29 is 0 Å². The van der Waals surface area contributed by atoms with Crippen molar-refractivity contribution in [2.75, 3.05) is 0 Å². The third-order valence-corrected chi connectivity index (χ3v) is 6.41. The number of aryl methyl sites for hydroxylation is 1. The first-order valence-corrected chi connectivity index (χ1v) is 8.94. The Balaban J connectivity index is 1.88. The fourth-order valence-corrected chi connectivity index (χ4v) is 4.55. The van der Waals surface area contributed by atoms with Gasteiger partial charge in [-0.15, -0.1) is 4.43 Å². The molecule has 2 aliphatic rings. The van der Waals surface area contributed by atoms with Crippen molar-refractivity contribution in [2.24, 2.45) is 0 Å². The van der Waals surface area contributed by atoms with Crippen LogP contribution in [0.1, 0.15) is 33.8 Å². The SMILES string of the molecule is Cc1cccc2c1-n1c(nc3c1-c1c(cc[c]([AlH2])c1C)C3)C2. The monoisotopic (exact) mass is 300 g/mol. The van der Waals surface area contributed by atoms with E-state index in [0.29, 0.717) is 0 Å². The Labute approximate surface area is 138 Å². The highest BCUT2D eigenvalue weighted by Gasteiger charge is 2.33. The number of hydrogen-bond donors (Lipinski definition) is 0. The fraction of sp³-hybridized carbons (Fsp3) is 0.211. The molecular formula is C19H17AlN2. The van der Waals surface area contributed by atoms with E-state index in [9.17, 15) is 0 Å². The lowest BCUT2D eigenvalue weighted by atomic mass is 10.0. The second-order valence-electron chi connectivity index (χ2n) is 6.64. The lowest BCUT2D eigenvalue weighted by Crippen LogP contribution is -2.10. The van der Waals surface area contributed by atoms with Crippen LogP contribution < -0.4 is 4.43 Å². The molecule has 5 rings (SSSR count). The van der Waals surface area contributed by atoms with Crippen LogP contribution in [0.2, 0.25) is 0 Å². The van der Waals surface area contributed by atoms with Gasteiger partial charge in [0, 0.05) is 18.4 Å². The van der Waals surface area contributed by atoms with E-state index in [-0.39, 0.29) is 0 Å². The number of imidazole rings is 1. The number of fused-ring (bicyclic) bond motifs is 7. The maximum atomic E-state index is 4.99. The first kappa shape index (κ1) is 12.7. The van der Waals surface area contributed by atoms with E-state index in [1.54, 1.807) is 0 Å². The zero-order chi connectivity index (χ0) is 15.0. The molecule has 2 nitrogen and oxygen atoms in total. The van der Waals surface area contributed by atoms with Crippen molar-refractivity contribution in [3.63, 3.8) is 0 Å². The molecule has 0 saturated carbocycles. The summed E-state index contributed by atoms with van der Waals surface area (Å²) >= 11 is 1.10. The van der Waals surface area contributed by atoms with Crippen molar-refractivity contribution in [3.05, 3.63) is 64.1 Å². The molecule has 0 atom stereocenters. The second-order valence-corrected chi connectivity index (χ2v) is 7.71. The smallest absolute Gasteiger partial charge is 0.259 e. The minimum absolute atomic E-state index is 0.971. The maximum Gasteiger partial charge on any atom is 0.259 e. The van der Waals surface area contributed by atoms with E-state index in [2.05, 4.69) is 48.7 Å². The summed E-state index contributed by atoms with van der Waals surface area (Å²) in [6.07, 6.45) is 1.97. The number of nitrogens with zero attached hydrogens (tertiary/aromatic N) is 2. The number of rotatable bonds is 0. The molecule has 2 heterocycles. The van der Waals surface area contributed by atoms with Crippen molar-refractivity contribution in [2.45, 2.75) is 26.7 Å².